The first kappa shape index (κ1) is 13.0. The van der Waals surface area contributed by atoms with Crippen LogP contribution in [0.4, 0.5) is 0 Å². The summed E-state index contributed by atoms with van der Waals surface area (Å²) in [7, 11) is 2.15. The summed E-state index contributed by atoms with van der Waals surface area (Å²) in [6, 6.07) is 10.9. The van der Waals surface area contributed by atoms with Gasteiger partial charge in [0.05, 0.1) is 5.52 Å². The molecule has 0 radical (unpaired) electrons. The zero-order valence-corrected chi connectivity index (χ0v) is 11.1. The fourth-order valence-electron chi connectivity index (χ4n) is 2.18. The van der Waals surface area contributed by atoms with Crippen molar-refractivity contribution in [2.24, 2.45) is 5.73 Å². The molecular formula is C15H21N3. The smallest absolute Gasteiger partial charge is 0.0705 e. The maximum absolute atomic E-state index is 5.61. The molecule has 0 amide bonds. The van der Waals surface area contributed by atoms with Gasteiger partial charge in [-0.05, 0) is 44.6 Å². The fourth-order valence-corrected chi connectivity index (χ4v) is 2.18. The van der Waals surface area contributed by atoms with E-state index in [1.165, 1.54) is 10.9 Å². The standard InChI is InChI=1S/C15H21N3/c1-12(7-9-16)18(2)11-13-8-10-17-15-6-4-3-5-14(13)15/h3-6,8,10,12H,7,9,11,16H2,1-2H3. The van der Waals surface area contributed by atoms with E-state index in [-0.39, 0.29) is 0 Å². The fraction of sp³-hybridized carbons (Fsp3) is 0.400. The molecule has 2 N–H and O–H groups in total. The lowest BCUT2D eigenvalue weighted by Gasteiger charge is -2.24. The van der Waals surface area contributed by atoms with Crippen LogP contribution in [0.25, 0.3) is 10.9 Å². The van der Waals surface area contributed by atoms with Gasteiger partial charge in [0, 0.05) is 24.2 Å². The van der Waals surface area contributed by atoms with Crippen molar-refractivity contribution in [2.45, 2.75) is 25.9 Å². The zero-order valence-electron chi connectivity index (χ0n) is 11.1. The normalized spacial score (nSPS) is 13.1. The maximum atomic E-state index is 5.61. The Morgan fingerprint density at radius 1 is 1.28 bits per heavy atom. The number of nitrogens with two attached hydrogens (primary N) is 1. The molecule has 1 atom stereocenters. The third kappa shape index (κ3) is 2.86. The second-order valence-electron chi connectivity index (χ2n) is 4.83. The number of aromatic nitrogens is 1. The third-order valence-electron chi connectivity index (χ3n) is 3.50. The summed E-state index contributed by atoms with van der Waals surface area (Å²) >= 11 is 0. The van der Waals surface area contributed by atoms with Crippen LogP contribution in [-0.4, -0.2) is 29.5 Å². The van der Waals surface area contributed by atoms with Crippen LogP contribution in [0.1, 0.15) is 18.9 Å². The highest BCUT2D eigenvalue weighted by molar-refractivity contribution is 5.81. The van der Waals surface area contributed by atoms with Crippen molar-refractivity contribution in [1.82, 2.24) is 9.88 Å². The Labute approximate surface area is 109 Å². The lowest BCUT2D eigenvalue weighted by Crippen LogP contribution is -2.30. The molecule has 0 saturated carbocycles. The molecule has 2 rings (SSSR count). The lowest BCUT2D eigenvalue weighted by atomic mass is 10.1. The van der Waals surface area contributed by atoms with Gasteiger partial charge < -0.3 is 5.73 Å². The summed E-state index contributed by atoms with van der Waals surface area (Å²) in [5.74, 6) is 0. The molecule has 0 aliphatic carbocycles. The van der Waals surface area contributed by atoms with Gasteiger partial charge in [0.15, 0.2) is 0 Å². The third-order valence-corrected chi connectivity index (χ3v) is 3.50. The zero-order chi connectivity index (χ0) is 13.0. The first-order chi connectivity index (χ1) is 8.72. The highest BCUT2D eigenvalue weighted by atomic mass is 15.1. The van der Waals surface area contributed by atoms with Crippen LogP contribution in [0, 0.1) is 0 Å². The number of para-hydroxylation sites is 1. The van der Waals surface area contributed by atoms with Gasteiger partial charge >= 0.3 is 0 Å². The Balaban J connectivity index is 2.21. The van der Waals surface area contributed by atoms with Gasteiger partial charge in [-0.1, -0.05) is 18.2 Å². The Hall–Kier alpha value is -1.45. The van der Waals surface area contributed by atoms with Gasteiger partial charge in [0.25, 0.3) is 0 Å². The summed E-state index contributed by atoms with van der Waals surface area (Å²) in [5.41, 5.74) is 8.01. The van der Waals surface area contributed by atoms with E-state index in [9.17, 15) is 0 Å². The van der Waals surface area contributed by atoms with Gasteiger partial charge in [0.1, 0.15) is 0 Å². The highest BCUT2D eigenvalue weighted by Crippen LogP contribution is 2.18. The van der Waals surface area contributed by atoms with Crippen LogP contribution in [0.15, 0.2) is 36.5 Å². The van der Waals surface area contributed by atoms with E-state index in [1.807, 2.05) is 12.3 Å². The van der Waals surface area contributed by atoms with Crippen molar-refractivity contribution in [1.29, 1.82) is 0 Å². The van der Waals surface area contributed by atoms with Crippen LogP contribution in [0.2, 0.25) is 0 Å². The first-order valence-corrected chi connectivity index (χ1v) is 6.45. The van der Waals surface area contributed by atoms with Gasteiger partial charge in [-0.3, -0.25) is 9.88 Å². The molecule has 0 aliphatic rings. The van der Waals surface area contributed by atoms with Gasteiger partial charge in [-0.25, -0.2) is 0 Å². The number of pyridine rings is 1. The summed E-state index contributed by atoms with van der Waals surface area (Å²) in [6.45, 7) is 3.89. The van der Waals surface area contributed by atoms with E-state index in [4.69, 9.17) is 5.73 Å². The number of fused-ring (bicyclic) bond motifs is 1. The average molecular weight is 243 g/mol. The Morgan fingerprint density at radius 2 is 2.06 bits per heavy atom. The van der Waals surface area contributed by atoms with E-state index in [2.05, 4.69) is 48.1 Å². The van der Waals surface area contributed by atoms with Gasteiger partial charge in [-0.15, -0.1) is 0 Å². The van der Waals surface area contributed by atoms with Crippen molar-refractivity contribution >= 4 is 10.9 Å². The van der Waals surface area contributed by atoms with Crippen LogP contribution < -0.4 is 5.73 Å². The van der Waals surface area contributed by atoms with Gasteiger partial charge in [0.2, 0.25) is 0 Å². The summed E-state index contributed by atoms with van der Waals surface area (Å²) in [4.78, 5) is 6.73. The second kappa shape index (κ2) is 5.94. The largest absolute Gasteiger partial charge is 0.330 e. The predicted molar refractivity (Wildman–Crippen MR) is 76.3 cm³/mol. The van der Waals surface area contributed by atoms with Crippen molar-refractivity contribution in [2.75, 3.05) is 13.6 Å². The average Bonchev–Trinajstić information content (AvgIpc) is 2.39. The SMILES string of the molecule is CC(CCN)N(C)Cc1ccnc2ccccc12. The topological polar surface area (TPSA) is 42.1 Å². The van der Waals surface area contributed by atoms with Crippen LogP contribution in [0.3, 0.4) is 0 Å². The molecule has 18 heavy (non-hydrogen) atoms. The van der Waals surface area contributed by atoms with E-state index in [0.29, 0.717) is 6.04 Å². The lowest BCUT2D eigenvalue weighted by molar-refractivity contribution is 0.241. The first-order valence-electron chi connectivity index (χ1n) is 6.45. The van der Waals surface area contributed by atoms with Crippen LogP contribution in [-0.2, 0) is 6.54 Å². The van der Waals surface area contributed by atoms with Crippen LogP contribution in [0.5, 0.6) is 0 Å². The molecule has 1 heterocycles. The van der Waals surface area contributed by atoms with Crippen molar-refractivity contribution in [3.05, 3.63) is 42.1 Å². The summed E-state index contributed by atoms with van der Waals surface area (Å²) < 4.78 is 0. The molecule has 0 bridgehead atoms. The summed E-state index contributed by atoms with van der Waals surface area (Å²) in [5, 5.41) is 1.24. The van der Waals surface area contributed by atoms with E-state index in [1.54, 1.807) is 0 Å². The second-order valence-corrected chi connectivity index (χ2v) is 4.83. The summed E-state index contributed by atoms with van der Waals surface area (Å²) in [6.07, 6.45) is 2.92. The highest BCUT2D eigenvalue weighted by Gasteiger charge is 2.10. The molecule has 96 valence electrons. The van der Waals surface area contributed by atoms with Gasteiger partial charge in [-0.2, -0.15) is 0 Å². The molecular weight excluding hydrogens is 222 g/mol. The minimum Gasteiger partial charge on any atom is -0.330 e. The van der Waals surface area contributed by atoms with Crippen molar-refractivity contribution in [3.63, 3.8) is 0 Å². The molecule has 2 aromatic rings. The number of hydrogen-bond donors (Lipinski definition) is 1. The minimum atomic E-state index is 0.502. The van der Waals surface area contributed by atoms with Crippen molar-refractivity contribution in [3.8, 4) is 0 Å². The van der Waals surface area contributed by atoms with E-state index >= 15 is 0 Å². The number of benzene rings is 1. The Bertz CT molecular complexity index is 505. The Kier molecular flexibility index (Phi) is 4.28. The molecule has 3 heteroatoms. The number of rotatable bonds is 5. The van der Waals surface area contributed by atoms with Crippen LogP contribution >= 0.6 is 0 Å². The predicted octanol–water partition coefficient (Wildman–Crippen LogP) is 2.40. The molecule has 1 aromatic carbocycles. The minimum absolute atomic E-state index is 0.502. The molecule has 1 aromatic heterocycles. The molecule has 0 fully saturated rings. The van der Waals surface area contributed by atoms with E-state index < -0.39 is 0 Å². The van der Waals surface area contributed by atoms with Crippen molar-refractivity contribution < 1.29 is 0 Å². The molecule has 1 unspecified atom stereocenters. The quantitative estimate of drug-likeness (QED) is 0.877. The monoisotopic (exact) mass is 243 g/mol. The Morgan fingerprint density at radius 3 is 2.83 bits per heavy atom. The molecule has 0 aliphatic heterocycles. The number of nitrogens with zero attached hydrogens (tertiary/aromatic N) is 2. The van der Waals surface area contributed by atoms with E-state index in [0.717, 1.165) is 25.0 Å². The molecule has 0 spiro atoms. The molecule has 0 saturated heterocycles. The molecule has 3 nitrogen and oxygen atoms in total. The number of hydrogen-bond acceptors (Lipinski definition) is 3. The maximum Gasteiger partial charge on any atom is 0.0705 e.